The molecule has 1 fully saturated rings. The number of halogens is 1. The average molecular weight is 487 g/mol. The zero-order valence-corrected chi connectivity index (χ0v) is 20.3. The lowest BCUT2D eigenvalue weighted by Gasteiger charge is -2.34. The van der Waals surface area contributed by atoms with E-state index in [0.29, 0.717) is 61.7 Å². The number of rotatable bonds is 6. The minimum Gasteiger partial charge on any atom is -0.449 e. The normalized spacial score (nSPS) is 18.0. The van der Waals surface area contributed by atoms with Gasteiger partial charge in [-0.15, -0.1) is 0 Å². The molecule has 4 rings (SSSR count). The smallest absolute Gasteiger partial charge is 0.409 e. The summed E-state index contributed by atoms with van der Waals surface area (Å²) >= 11 is 6.73. The third-order valence-electron chi connectivity index (χ3n) is 6.67. The van der Waals surface area contributed by atoms with Crippen LogP contribution in [0.25, 0.3) is 10.9 Å². The molecule has 1 unspecified atom stereocenters. The van der Waals surface area contributed by atoms with E-state index in [9.17, 15) is 14.4 Å². The van der Waals surface area contributed by atoms with Gasteiger partial charge in [0.15, 0.2) is 0 Å². The molecule has 2 N–H and O–H groups in total. The van der Waals surface area contributed by atoms with Crippen molar-refractivity contribution in [3.05, 3.63) is 40.0 Å². The second-order valence-electron chi connectivity index (χ2n) is 9.11. The molecular formula is C25H31ClN4O4. The number of aromatic nitrogens is 1. The molecule has 0 bridgehead atoms. The number of nitrogens with two attached hydrogens (primary N) is 1. The lowest BCUT2D eigenvalue weighted by Crippen LogP contribution is -2.50. The standard InChI is InChI=1S/C25H31ClN4O4/c1-2-3-12-34-25(33)30-10-8-29(9-11-30)24(32)17-5-6-18-21(15-17)28-20-7-4-16(14-22(27)31)13-19(20)23(18)26/h5-6,15-16H,2-4,7-14H2,1H3,(H2,27,31). The molecule has 2 aliphatic rings. The Bertz CT molecular complexity index is 1100. The van der Waals surface area contributed by atoms with Gasteiger partial charge in [0.25, 0.3) is 5.91 Å². The van der Waals surface area contributed by atoms with Crippen LogP contribution in [0.2, 0.25) is 5.02 Å². The maximum absolute atomic E-state index is 13.1. The predicted octanol–water partition coefficient (Wildman–Crippen LogP) is 3.56. The van der Waals surface area contributed by atoms with Gasteiger partial charge in [-0.3, -0.25) is 14.6 Å². The van der Waals surface area contributed by atoms with Gasteiger partial charge in [0, 0.05) is 49.2 Å². The van der Waals surface area contributed by atoms with Crippen molar-refractivity contribution in [3.8, 4) is 0 Å². The van der Waals surface area contributed by atoms with Crippen molar-refractivity contribution in [3.63, 3.8) is 0 Å². The molecule has 0 spiro atoms. The number of benzene rings is 1. The highest BCUT2D eigenvalue weighted by molar-refractivity contribution is 6.36. The number of unbranched alkanes of at least 4 members (excludes halogenated alkanes) is 1. The fraction of sp³-hybridized carbons (Fsp3) is 0.520. The van der Waals surface area contributed by atoms with Gasteiger partial charge in [0.2, 0.25) is 5.91 Å². The Morgan fingerprint density at radius 1 is 1.18 bits per heavy atom. The Kier molecular flexibility index (Phi) is 7.56. The molecule has 2 aromatic rings. The number of aryl methyl sites for hydroxylation is 1. The van der Waals surface area contributed by atoms with Crippen molar-refractivity contribution in [2.45, 2.75) is 45.4 Å². The first kappa shape index (κ1) is 24.3. The number of ether oxygens (including phenoxy) is 1. The third kappa shape index (κ3) is 5.27. The van der Waals surface area contributed by atoms with E-state index in [-0.39, 0.29) is 23.8 Å². The Hall–Kier alpha value is -2.87. The molecule has 34 heavy (non-hydrogen) atoms. The van der Waals surface area contributed by atoms with Crippen molar-refractivity contribution in [2.75, 3.05) is 32.8 Å². The Morgan fingerprint density at radius 2 is 1.91 bits per heavy atom. The fourth-order valence-electron chi connectivity index (χ4n) is 4.72. The van der Waals surface area contributed by atoms with Crippen LogP contribution in [-0.2, 0) is 22.4 Å². The van der Waals surface area contributed by atoms with E-state index in [0.717, 1.165) is 42.3 Å². The summed E-state index contributed by atoms with van der Waals surface area (Å²) in [5.41, 5.74) is 8.53. The first-order chi connectivity index (χ1) is 16.4. The van der Waals surface area contributed by atoms with Crippen LogP contribution in [-0.4, -0.2) is 65.5 Å². The highest BCUT2D eigenvalue weighted by Gasteiger charge is 2.27. The van der Waals surface area contributed by atoms with Crippen LogP contribution in [0, 0.1) is 5.92 Å². The molecule has 8 nitrogen and oxygen atoms in total. The second kappa shape index (κ2) is 10.6. The van der Waals surface area contributed by atoms with Crippen LogP contribution >= 0.6 is 11.6 Å². The van der Waals surface area contributed by atoms with Crippen molar-refractivity contribution in [1.29, 1.82) is 0 Å². The van der Waals surface area contributed by atoms with Gasteiger partial charge in [-0.1, -0.05) is 31.0 Å². The molecular weight excluding hydrogens is 456 g/mol. The molecule has 1 aromatic carbocycles. The van der Waals surface area contributed by atoms with Crippen LogP contribution in [0.3, 0.4) is 0 Å². The number of pyridine rings is 1. The SMILES string of the molecule is CCCCOC(=O)N1CCN(C(=O)c2ccc3c(Cl)c4c(nc3c2)CCC(CC(N)=O)C4)CC1. The maximum atomic E-state index is 13.1. The van der Waals surface area contributed by atoms with Gasteiger partial charge >= 0.3 is 6.09 Å². The number of primary amides is 1. The molecule has 1 atom stereocenters. The molecule has 1 aliphatic heterocycles. The van der Waals surface area contributed by atoms with Crippen LogP contribution in [0.4, 0.5) is 4.79 Å². The lowest BCUT2D eigenvalue weighted by molar-refractivity contribution is -0.119. The summed E-state index contributed by atoms with van der Waals surface area (Å²) in [6, 6.07) is 5.42. The number of piperazine rings is 1. The summed E-state index contributed by atoms with van der Waals surface area (Å²) < 4.78 is 5.27. The van der Waals surface area contributed by atoms with E-state index in [1.54, 1.807) is 21.9 Å². The van der Waals surface area contributed by atoms with Crippen LogP contribution in [0.15, 0.2) is 18.2 Å². The molecule has 0 saturated carbocycles. The van der Waals surface area contributed by atoms with E-state index >= 15 is 0 Å². The van der Waals surface area contributed by atoms with E-state index in [2.05, 4.69) is 0 Å². The lowest BCUT2D eigenvalue weighted by atomic mass is 9.84. The minimum absolute atomic E-state index is 0.0851. The van der Waals surface area contributed by atoms with Crippen LogP contribution in [0.5, 0.6) is 0 Å². The van der Waals surface area contributed by atoms with Crippen molar-refractivity contribution in [1.82, 2.24) is 14.8 Å². The molecule has 182 valence electrons. The Morgan fingerprint density at radius 3 is 2.62 bits per heavy atom. The van der Waals surface area contributed by atoms with Gasteiger partial charge in [0.05, 0.1) is 17.1 Å². The number of hydrogen-bond acceptors (Lipinski definition) is 5. The van der Waals surface area contributed by atoms with E-state index in [4.69, 9.17) is 27.1 Å². The Balaban J connectivity index is 1.45. The van der Waals surface area contributed by atoms with Crippen molar-refractivity contribution < 1.29 is 19.1 Å². The number of fused-ring (bicyclic) bond motifs is 2. The largest absolute Gasteiger partial charge is 0.449 e. The Labute approximate surface area is 204 Å². The molecule has 9 heteroatoms. The average Bonchev–Trinajstić information content (AvgIpc) is 2.83. The number of amides is 3. The van der Waals surface area contributed by atoms with Crippen molar-refractivity contribution in [2.24, 2.45) is 11.7 Å². The van der Waals surface area contributed by atoms with Gasteiger partial charge in [0.1, 0.15) is 0 Å². The van der Waals surface area contributed by atoms with E-state index in [1.165, 1.54) is 0 Å². The summed E-state index contributed by atoms with van der Waals surface area (Å²) in [7, 11) is 0. The zero-order chi connectivity index (χ0) is 24.2. The predicted molar refractivity (Wildman–Crippen MR) is 130 cm³/mol. The van der Waals surface area contributed by atoms with E-state index < -0.39 is 0 Å². The molecule has 1 aliphatic carbocycles. The molecule has 1 aromatic heterocycles. The summed E-state index contributed by atoms with van der Waals surface area (Å²) in [6.07, 6.45) is 4.12. The minimum atomic E-state index is -0.312. The monoisotopic (exact) mass is 486 g/mol. The second-order valence-corrected chi connectivity index (χ2v) is 9.49. The molecule has 2 heterocycles. The van der Waals surface area contributed by atoms with Gasteiger partial charge < -0.3 is 20.3 Å². The molecule has 3 amide bonds. The number of hydrogen-bond donors (Lipinski definition) is 1. The zero-order valence-electron chi connectivity index (χ0n) is 19.5. The molecule has 0 radical (unpaired) electrons. The van der Waals surface area contributed by atoms with Crippen molar-refractivity contribution >= 4 is 40.4 Å². The summed E-state index contributed by atoms with van der Waals surface area (Å²) in [6.45, 7) is 4.29. The van der Waals surface area contributed by atoms with Gasteiger partial charge in [-0.25, -0.2) is 4.79 Å². The van der Waals surface area contributed by atoms with Crippen LogP contribution < -0.4 is 5.73 Å². The fourth-order valence-corrected chi connectivity index (χ4v) is 5.07. The highest BCUT2D eigenvalue weighted by atomic mass is 35.5. The number of carbonyl (C=O) groups is 3. The van der Waals surface area contributed by atoms with Gasteiger partial charge in [-0.05, 0) is 49.3 Å². The number of carbonyl (C=O) groups excluding carboxylic acids is 3. The summed E-state index contributed by atoms with van der Waals surface area (Å²) in [5, 5.41) is 1.44. The first-order valence-corrected chi connectivity index (χ1v) is 12.4. The molecule has 1 saturated heterocycles. The van der Waals surface area contributed by atoms with Crippen LogP contribution in [0.1, 0.15) is 54.2 Å². The maximum Gasteiger partial charge on any atom is 0.409 e. The summed E-state index contributed by atoms with van der Waals surface area (Å²) in [5.74, 6) is -0.195. The van der Waals surface area contributed by atoms with Gasteiger partial charge in [-0.2, -0.15) is 0 Å². The number of nitrogens with zero attached hydrogens (tertiary/aromatic N) is 3. The highest BCUT2D eigenvalue weighted by Crippen LogP contribution is 2.36. The third-order valence-corrected chi connectivity index (χ3v) is 7.10. The topological polar surface area (TPSA) is 106 Å². The summed E-state index contributed by atoms with van der Waals surface area (Å²) in [4.78, 5) is 44.8. The quantitative estimate of drug-likeness (QED) is 0.628. The first-order valence-electron chi connectivity index (χ1n) is 12.0. The van der Waals surface area contributed by atoms with E-state index in [1.807, 2.05) is 13.0 Å².